The van der Waals surface area contributed by atoms with Gasteiger partial charge >= 0.3 is 0 Å². The average molecular weight is 154 g/mol. The highest BCUT2D eigenvalue weighted by molar-refractivity contribution is 4.94. The van der Waals surface area contributed by atoms with Crippen LogP contribution in [-0.2, 0) is 0 Å². The van der Waals surface area contributed by atoms with Crippen molar-refractivity contribution in [1.29, 1.82) is 0 Å². The van der Waals surface area contributed by atoms with Crippen LogP contribution in [-0.4, -0.2) is 0 Å². The fourth-order valence-electron chi connectivity index (χ4n) is 2.17. The quantitative estimate of drug-likeness (QED) is 0.568. The third-order valence-corrected chi connectivity index (χ3v) is 2.81. The largest absolute Gasteiger partial charge is 0.0628 e. The maximum Gasteiger partial charge on any atom is -0.0334 e. The van der Waals surface area contributed by atoms with Crippen LogP contribution >= 0.6 is 0 Å². The van der Waals surface area contributed by atoms with Crippen molar-refractivity contribution in [3.8, 4) is 0 Å². The lowest BCUT2D eigenvalue weighted by molar-refractivity contribution is 0.317. The van der Waals surface area contributed by atoms with Crippen LogP contribution in [0.3, 0.4) is 0 Å². The van der Waals surface area contributed by atoms with Crippen LogP contribution in [0.5, 0.6) is 0 Å². The standard InChI is InChI=1S/C11H22/c1-8(2)6-9-7-10(9)11(3,4)5/h8-10H,6-7H2,1-5H3. The van der Waals surface area contributed by atoms with Crippen molar-refractivity contribution in [2.45, 2.75) is 47.5 Å². The second-order valence-corrected chi connectivity index (χ2v) is 5.60. The van der Waals surface area contributed by atoms with Gasteiger partial charge in [-0.3, -0.25) is 0 Å². The molecule has 0 radical (unpaired) electrons. The Balaban J connectivity index is 2.27. The lowest BCUT2D eigenvalue weighted by atomic mass is 9.87. The van der Waals surface area contributed by atoms with E-state index in [-0.39, 0.29) is 0 Å². The van der Waals surface area contributed by atoms with Crippen LogP contribution in [0, 0.1) is 23.2 Å². The molecule has 0 heteroatoms. The Morgan fingerprint density at radius 1 is 1.27 bits per heavy atom. The molecule has 0 aromatic heterocycles. The molecule has 0 aliphatic heterocycles. The van der Waals surface area contributed by atoms with Gasteiger partial charge in [-0.15, -0.1) is 0 Å². The normalized spacial score (nSPS) is 31.1. The first-order chi connectivity index (χ1) is 4.91. The Morgan fingerprint density at radius 3 is 2.09 bits per heavy atom. The highest BCUT2D eigenvalue weighted by Crippen LogP contribution is 2.53. The molecule has 2 atom stereocenters. The van der Waals surface area contributed by atoms with Crippen molar-refractivity contribution >= 4 is 0 Å². The molecule has 0 spiro atoms. The molecule has 0 bridgehead atoms. The number of hydrogen-bond donors (Lipinski definition) is 0. The molecule has 0 aromatic rings. The monoisotopic (exact) mass is 154 g/mol. The first-order valence-corrected chi connectivity index (χ1v) is 4.91. The molecule has 1 aliphatic carbocycles. The van der Waals surface area contributed by atoms with Crippen LogP contribution in [0.4, 0.5) is 0 Å². The van der Waals surface area contributed by atoms with Crippen molar-refractivity contribution < 1.29 is 0 Å². The molecule has 1 saturated carbocycles. The third kappa shape index (κ3) is 2.50. The van der Waals surface area contributed by atoms with Gasteiger partial charge in [0.2, 0.25) is 0 Å². The predicted molar refractivity (Wildman–Crippen MR) is 50.5 cm³/mol. The van der Waals surface area contributed by atoms with Gasteiger partial charge in [0.1, 0.15) is 0 Å². The predicted octanol–water partition coefficient (Wildman–Crippen LogP) is 3.71. The first kappa shape index (κ1) is 9.09. The van der Waals surface area contributed by atoms with Crippen molar-refractivity contribution in [3.63, 3.8) is 0 Å². The van der Waals surface area contributed by atoms with Gasteiger partial charge < -0.3 is 0 Å². The summed E-state index contributed by atoms with van der Waals surface area (Å²) >= 11 is 0. The van der Waals surface area contributed by atoms with Crippen LogP contribution in [0.25, 0.3) is 0 Å². The molecular weight excluding hydrogens is 132 g/mol. The van der Waals surface area contributed by atoms with Gasteiger partial charge in [0, 0.05) is 0 Å². The summed E-state index contributed by atoms with van der Waals surface area (Å²) in [6.07, 6.45) is 2.93. The van der Waals surface area contributed by atoms with Crippen LogP contribution in [0.15, 0.2) is 0 Å². The fraction of sp³-hybridized carbons (Fsp3) is 1.00. The highest BCUT2D eigenvalue weighted by Gasteiger charge is 2.44. The summed E-state index contributed by atoms with van der Waals surface area (Å²) in [4.78, 5) is 0. The van der Waals surface area contributed by atoms with Gasteiger partial charge in [0.25, 0.3) is 0 Å². The molecule has 0 nitrogen and oxygen atoms in total. The summed E-state index contributed by atoms with van der Waals surface area (Å²) in [5, 5.41) is 0. The zero-order chi connectivity index (χ0) is 8.65. The van der Waals surface area contributed by atoms with E-state index in [2.05, 4.69) is 34.6 Å². The minimum absolute atomic E-state index is 0.569. The van der Waals surface area contributed by atoms with Gasteiger partial charge in [-0.1, -0.05) is 34.6 Å². The van der Waals surface area contributed by atoms with Crippen molar-refractivity contribution in [2.75, 3.05) is 0 Å². The summed E-state index contributed by atoms with van der Waals surface area (Å²) in [6.45, 7) is 11.8. The molecule has 0 saturated heterocycles. The molecule has 66 valence electrons. The number of rotatable bonds is 2. The molecule has 2 unspecified atom stereocenters. The van der Waals surface area contributed by atoms with Gasteiger partial charge in [0.15, 0.2) is 0 Å². The molecule has 0 heterocycles. The molecule has 1 fully saturated rings. The van der Waals surface area contributed by atoms with E-state index in [0.29, 0.717) is 5.41 Å². The minimum atomic E-state index is 0.569. The first-order valence-electron chi connectivity index (χ1n) is 4.91. The van der Waals surface area contributed by atoms with E-state index >= 15 is 0 Å². The Bertz CT molecular complexity index is 127. The Morgan fingerprint density at radius 2 is 1.82 bits per heavy atom. The molecule has 11 heavy (non-hydrogen) atoms. The summed E-state index contributed by atoms with van der Waals surface area (Å²) in [7, 11) is 0. The topological polar surface area (TPSA) is 0 Å². The van der Waals surface area contributed by atoms with E-state index < -0.39 is 0 Å². The molecule has 0 aromatic carbocycles. The van der Waals surface area contributed by atoms with Crippen molar-refractivity contribution in [3.05, 3.63) is 0 Å². The van der Waals surface area contributed by atoms with Crippen LogP contribution in [0.1, 0.15) is 47.5 Å². The van der Waals surface area contributed by atoms with E-state index in [0.717, 1.165) is 17.8 Å². The zero-order valence-electron chi connectivity index (χ0n) is 8.65. The molecule has 1 aliphatic rings. The second kappa shape index (κ2) is 2.80. The van der Waals surface area contributed by atoms with E-state index in [1.807, 2.05) is 0 Å². The fourth-order valence-corrected chi connectivity index (χ4v) is 2.17. The van der Waals surface area contributed by atoms with Gasteiger partial charge in [-0.05, 0) is 36.0 Å². The second-order valence-electron chi connectivity index (χ2n) is 5.60. The number of hydrogen-bond acceptors (Lipinski definition) is 0. The highest BCUT2D eigenvalue weighted by atomic mass is 14.5. The smallest absolute Gasteiger partial charge is 0.0334 e. The van der Waals surface area contributed by atoms with E-state index in [1.54, 1.807) is 0 Å². The SMILES string of the molecule is CC(C)CC1CC1C(C)(C)C. The van der Waals surface area contributed by atoms with E-state index in [4.69, 9.17) is 0 Å². The maximum atomic E-state index is 2.37. The zero-order valence-corrected chi connectivity index (χ0v) is 8.65. The third-order valence-electron chi connectivity index (χ3n) is 2.81. The molecule has 1 rings (SSSR count). The Kier molecular flexibility index (Phi) is 2.32. The molecule has 0 amide bonds. The van der Waals surface area contributed by atoms with Gasteiger partial charge in [0.05, 0.1) is 0 Å². The van der Waals surface area contributed by atoms with E-state index in [1.165, 1.54) is 12.8 Å². The lowest BCUT2D eigenvalue weighted by Crippen LogP contribution is -2.09. The minimum Gasteiger partial charge on any atom is -0.0628 e. The van der Waals surface area contributed by atoms with Crippen molar-refractivity contribution in [2.24, 2.45) is 23.2 Å². The molecular formula is C11H22. The van der Waals surface area contributed by atoms with Crippen LogP contribution < -0.4 is 0 Å². The van der Waals surface area contributed by atoms with Gasteiger partial charge in [-0.2, -0.15) is 0 Å². The summed E-state index contributed by atoms with van der Waals surface area (Å²) in [5.41, 5.74) is 0.569. The maximum absolute atomic E-state index is 2.37. The molecule has 0 N–H and O–H groups in total. The lowest BCUT2D eigenvalue weighted by Gasteiger charge is -2.18. The summed E-state index contributed by atoms with van der Waals surface area (Å²) < 4.78 is 0. The summed E-state index contributed by atoms with van der Waals surface area (Å²) in [6, 6.07) is 0. The van der Waals surface area contributed by atoms with E-state index in [9.17, 15) is 0 Å². The van der Waals surface area contributed by atoms with Gasteiger partial charge in [-0.25, -0.2) is 0 Å². The Hall–Kier alpha value is 0. The summed E-state index contributed by atoms with van der Waals surface area (Å²) in [5.74, 6) is 2.97. The average Bonchev–Trinajstić information content (AvgIpc) is 2.40. The van der Waals surface area contributed by atoms with Crippen molar-refractivity contribution in [1.82, 2.24) is 0 Å². The van der Waals surface area contributed by atoms with Crippen LogP contribution in [0.2, 0.25) is 0 Å². The Labute approximate surface area is 71.4 Å².